The number of halogens is 2. The standard InChI is InChI=1S/C13H19F2N/c1-3-10(2)9-16-7-6-11-4-5-12(14)8-13(11)15/h4-5,8,10,16H,3,6-7,9H2,1-2H3. The predicted octanol–water partition coefficient (Wildman–Crippen LogP) is 3.14. The van der Waals surface area contributed by atoms with Crippen LogP contribution in [0.2, 0.25) is 0 Å². The van der Waals surface area contributed by atoms with Gasteiger partial charge in [0, 0.05) is 6.07 Å². The Kier molecular flexibility index (Phi) is 5.39. The Labute approximate surface area is 95.9 Å². The van der Waals surface area contributed by atoms with Crippen LogP contribution < -0.4 is 5.32 Å². The van der Waals surface area contributed by atoms with Crippen molar-refractivity contribution in [3.05, 3.63) is 35.4 Å². The highest BCUT2D eigenvalue weighted by Gasteiger charge is 2.03. The molecule has 3 heteroatoms. The summed E-state index contributed by atoms with van der Waals surface area (Å²) in [5.74, 6) is -0.336. The van der Waals surface area contributed by atoms with Gasteiger partial charge in [0.1, 0.15) is 11.6 Å². The Morgan fingerprint density at radius 2 is 2.06 bits per heavy atom. The molecule has 1 nitrogen and oxygen atoms in total. The minimum Gasteiger partial charge on any atom is -0.316 e. The van der Waals surface area contributed by atoms with E-state index in [1.54, 1.807) is 0 Å². The molecule has 0 radical (unpaired) electrons. The largest absolute Gasteiger partial charge is 0.316 e. The van der Waals surface area contributed by atoms with Gasteiger partial charge in [0.05, 0.1) is 0 Å². The summed E-state index contributed by atoms with van der Waals surface area (Å²) >= 11 is 0. The number of rotatable bonds is 6. The van der Waals surface area contributed by atoms with Crippen molar-refractivity contribution in [2.75, 3.05) is 13.1 Å². The molecule has 1 rings (SSSR count). The second-order valence-electron chi connectivity index (χ2n) is 4.20. The average Bonchev–Trinajstić information content (AvgIpc) is 2.26. The van der Waals surface area contributed by atoms with Gasteiger partial charge < -0.3 is 5.32 Å². The average molecular weight is 227 g/mol. The van der Waals surface area contributed by atoms with Crippen LogP contribution in [0.3, 0.4) is 0 Å². The Morgan fingerprint density at radius 1 is 1.31 bits per heavy atom. The van der Waals surface area contributed by atoms with E-state index in [1.165, 1.54) is 12.1 Å². The Bertz CT molecular complexity index is 326. The summed E-state index contributed by atoms with van der Waals surface area (Å²) in [5, 5.41) is 3.27. The van der Waals surface area contributed by atoms with Crippen LogP contribution in [0.15, 0.2) is 18.2 Å². The summed E-state index contributed by atoms with van der Waals surface area (Å²) in [6, 6.07) is 3.74. The first-order valence-corrected chi connectivity index (χ1v) is 5.78. The van der Waals surface area contributed by atoms with Crippen LogP contribution in [0.4, 0.5) is 8.78 Å². The molecule has 1 unspecified atom stereocenters. The third kappa shape index (κ3) is 4.27. The molecule has 0 spiro atoms. The molecule has 16 heavy (non-hydrogen) atoms. The zero-order chi connectivity index (χ0) is 12.0. The van der Waals surface area contributed by atoms with Crippen molar-refractivity contribution in [2.24, 2.45) is 5.92 Å². The van der Waals surface area contributed by atoms with E-state index in [1.807, 2.05) is 0 Å². The molecule has 1 atom stereocenters. The number of hydrogen-bond donors (Lipinski definition) is 1. The molecule has 1 aromatic carbocycles. The minimum atomic E-state index is -0.520. The van der Waals surface area contributed by atoms with E-state index in [0.717, 1.165) is 25.6 Å². The normalized spacial score (nSPS) is 12.8. The van der Waals surface area contributed by atoms with Gasteiger partial charge in [-0.1, -0.05) is 26.3 Å². The Morgan fingerprint density at radius 3 is 2.69 bits per heavy atom. The van der Waals surface area contributed by atoms with Gasteiger partial charge in [-0.05, 0) is 37.1 Å². The van der Waals surface area contributed by atoms with E-state index < -0.39 is 11.6 Å². The molecule has 90 valence electrons. The van der Waals surface area contributed by atoms with E-state index in [4.69, 9.17) is 0 Å². The van der Waals surface area contributed by atoms with Crippen LogP contribution >= 0.6 is 0 Å². The zero-order valence-electron chi connectivity index (χ0n) is 9.89. The molecular formula is C13H19F2N. The third-order valence-corrected chi connectivity index (χ3v) is 2.78. The van der Waals surface area contributed by atoms with E-state index in [-0.39, 0.29) is 0 Å². The summed E-state index contributed by atoms with van der Waals surface area (Å²) in [7, 11) is 0. The molecule has 0 saturated carbocycles. The van der Waals surface area contributed by atoms with Gasteiger partial charge in [-0.2, -0.15) is 0 Å². The lowest BCUT2D eigenvalue weighted by Crippen LogP contribution is -2.23. The first-order valence-electron chi connectivity index (χ1n) is 5.78. The van der Waals surface area contributed by atoms with Crippen molar-refractivity contribution in [1.29, 1.82) is 0 Å². The van der Waals surface area contributed by atoms with Gasteiger partial charge in [0.2, 0.25) is 0 Å². The molecule has 1 aromatic rings. The second kappa shape index (κ2) is 6.59. The van der Waals surface area contributed by atoms with Gasteiger partial charge in [0.25, 0.3) is 0 Å². The molecule has 0 heterocycles. The molecule has 0 saturated heterocycles. The number of hydrogen-bond acceptors (Lipinski definition) is 1. The van der Waals surface area contributed by atoms with Crippen molar-refractivity contribution in [1.82, 2.24) is 5.32 Å². The van der Waals surface area contributed by atoms with E-state index in [9.17, 15) is 8.78 Å². The van der Waals surface area contributed by atoms with Crippen molar-refractivity contribution >= 4 is 0 Å². The third-order valence-electron chi connectivity index (χ3n) is 2.78. The molecular weight excluding hydrogens is 208 g/mol. The smallest absolute Gasteiger partial charge is 0.129 e. The fourth-order valence-electron chi connectivity index (χ4n) is 1.44. The monoisotopic (exact) mass is 227 g/mol. The van der Waals surface area contributed by atoms with E-state index in [0.29, 0.717) is 17.9 Å². The molecule has 0 aliphatic carbocycles. The molecule has 0 aromatic heterocycles. The first kappa shape index (κ1) is 13.1. The maximum Gasteiger partial charge on any atom is 0.129 e. The van der Waals surface area contributed by atoms with Gasteiger partial charge in [-0.25, -0.2) is 8.78 Å². The lowest BCUT2D eigenvalue weighted by Gasteiger charge is -2.10. The fraction of sp³-hybridized carbons (Fsp3) is 0.538. The van der Waals surface area contributed by atoms with Crippen LogP contribution in [0.1, 0.15) is 25.8 Å². The molecule has 0 fully saturated rings. The quantitative estimate of drug-likeness (QED) is 0.736. The SMILES string of the molecule is CCC(C)CNCCc1ccc(F)cc1F. The summed E-state index contributed by atoms with van der Waals surface area (Å²) in [6.45, 7) is 5.99. The minimum absolute atomic E-state index is 0.453. The van der Waals surface area contributed by atoms with Crippen LogP contribution in [-0.2, 0) is 6.42 Å². The summed E-state index contributed by atoms with van der Waals surface area (Å²) in [5.41, 5.74) is 0.568. The Hall–Kier alpha value is -0.960. The van der Waals surface area contributed by atoms with Gasteiger partial charge >= 0.3 is 0 Å². The van der Waals surface area contributed by atoms with Crippen LogP contribution in [0, 0.1) is 17.6 Å². The van der Waals surface area contributed by atoms with Crippen molar-refractivity contribution in [3.63, 3.8) is 0 Å². The van der Waals surface area contributed by atoms with Crippen molar-refractivity contribution in [3.8, 4) is 0 Å². The fourth-order valence-corrected chi connectivity index (χ4v) is 1.44. The predicted molar refractivity (Wildman–Crippen MR) is 62.4 cm³/mol. The highest BCUT2D eigenvalue weighted by molar-refractivity contribution is 5.18. The highest BCUT2D eigenvalue weighted by atomic mass is 19.1. The molecule has 0 aliphatic rings. The maximum absolute atomic E-state index is 13.2. The molecule has 1 N–H and O–H groups in total. The van der Waals surface area contributed by atoms with Crippen LogP contribution in [0.25, 0.3) is 0 Å². The topological polar surface area (TPSA) is 12.0 Å². The second-order valence-corrected chi connectivity index (χ2v) is 4.20. The van der Waals surface area contributed by atoms with Gasteiger partial charge in [-0.3, -0.25) is 0 Å². The lowest BCUT2D eigenvalue weighted by molar-refractivity contribution is 0.498. The molecule has 0 aliphatic heterocycles. The number of nitrogens with one attached hydrogen (secondary N) is 1. The van der Waals surface area contributed by atoms with Crippen molar-refractivity contribution in [2.45, 2.75) is 26.7 Å². The number of benzene rings is 1. The van der Waals surface area contributed by atoms with E-state index >= 15 is 0 Å². The van der Waals surface area contributed by atoms with E-state index in [2.05, 4.69) is 19.2 Å². The first-order chi connectivity index (χ1) is 7.63. The zero-order valence-corrected chi connectivity index (χ0v) is 9.89. The maximum atomic E-state index is 13.2. The lowest BCUT2D eigenvalue weighted by atomic mass is 10.1. The Balaban J connectivity index is 2.32. The van der Waals surface area contributed by atoms with Gasteiger partial charge in [-0.15, -0.1) is 0 Å². The highest BCUT2D eigenvalue weighted by Crippen LogP contribution is 2.09. The summed E-state index contributed by atoms with van der Waals surface area (Å²) in [4.78, 5) is 0. The van der Waals surface area contributed by atoms with Crippen molar-refractivity contribution < 1.29 is 8.78 Å². The molecule has 0 amide bonds. The molecule has 0 bridgehead atoms. The summed E-state index contributed by atoms with van der Waals surface area (Å²) in [6.07, 6.45) is 1.74. The van der Waals surface area contributed by atoms with Gasteiger partial charge in [0.15, 0.2) is 0 Å². The summed E-state index contributed by atoms with van der Waals surface area (Å²) < 4.78 is 25.9. The van der Waals surface area contributed by atoms with Crippen LogP contribution in [0.5, 0.6) is 0 Å². The van der Waals surface area contributed by atoms with Crippen LogP contribution in [-0.4, -0.2) is 13.1 Å².